The van der Waals surface area contributed by atoms with Gasteiger partial charge in [0.25, 0.3) is 5.91 Å². The maximum absolute atomic E-state index is 12.1. The summed E-state index contributed by atoms with van der Waals surface area (Å²) in [6, 6.07) is 7.50. The third-order valence-electron chi connectivity index (χ3n) is 4.64. The number of benzene rings is 1. The summed E-state index contributed by atoms with van der Waals surface area (Å²) in [7, 11) is 0. The van der Waals surface area contributed by atoms with Gasteiger partial charge in [0.05, 0.1) is 0 Å². The molecule has 2 aromatic rings. The average Bonchev–Trinajstić information content (AvgIpc) is 3.28. The number of thioether (sulfide) groups is 1. The summed E-state index contributed by atoms with van der Waals surface area (Å²) in [5.74, 6) is 0.972. The van der Waals surface area contributed by atoms with Crippen molar-refractivity contribution in [3.05, 3.63) is 35.7 Å². The number of nitrogens with one attached hydrogen (secondary N) is 1. The molecule has 134 valence electrons. The Kier molecular flexibility index (Phi) is 5.96. The minimum atomic E-state index is -0.0675. The molecular weight excluding hydrogens is 334 g/mol. The van der Waals surface area contributed by atoms with Gasteiger partial charge in [0.15, 0.2) is 5.16 Å². The Hall–Kier alpha value is -2.02. The van der Waals surface area contributed by atoms with Crippen LogP contribution < -0.4 is 11.1 Å². The summed E-state index contributed by atoms with van der Waals surface area (Å²) in [5, 5.41) is 12.7. The Bertz CT molecular complexity index is 707. The van der Waals surface area contributed by atoms with Gasteiger partial charge in [0.1, 0.15) is 5.82 Å². The highest BCUT2D eigenvalue weighted by atomic mass is 32.2. The van der Waals surface area contributed by atoms with Crippen LogP contribution >= 0.6 is 11.8 Å². The second-order valence-corrected chi connectivity index (χ2v) is 7.17. The van der Waals surface area contributed by atoms with Crippen LogP contribution in [0.15, 0.2) is 29.4 Å². The number of aryl methyl sites for hydroxylation is 1. The molecule has 3 rings (SSSR count). The first-order valence-corrected chi connectivity index (χ1v) is 10.0. The van der Waals surface area contributed by atoms with Gasteiger partial charge in [-0.15, -0.1) is 10.2 Å². The van der Waals surface area contributed by atoms with Crippen molar-refractivity contribution >= 4 is 23.4 Å². The Labute approximate surface area is 152 Å². The first kappa shape index (κ1) is 17.8. The Morgan fingerprint density at radius 1 is 1.28 bits per heavy atom. The predicted molar refractivity (Wildman–Crippen MR) is 101 cm³/mol. The van der Waals surface area contributed by atoms with Crippen molar-refractivity contribution in [3.8, 4) is 0 Å². The number of nitrogens with zero attached hydrogens (tertiary/aromatic N) is 3. The van der Waals surface area contributed by atoms with Crippen LogP contribution in [-0.2, 0) is 6.42 Å². The van der Waals surface area contributed by atoms with E-state index < -0.39 is 0 Å². The lowest BCUT2D eigenvalue weighted by atomic mass is 10.2. The maximum Gasteiger partial charge on any atom is 0.251 e. The maximum atomic E-state index is 12.1. The number of nitrogen functional groups attached to an aromatic ring is 1. The molecule has 1 fully saturated rings. The van der Waals surface area contributed by atoms with Crippen molar-refractivity contribution in [1.29, 1.82) is 0 Å². The molecule has 0 spiro atoms. The summed E-state index contributed by atoms with van der Waals surface area (Å²) in [5.41, 5.74) is 6.94. The summed E-state index contributed by atoms with van der Waals surface area (Å²) < 4.78 is 2.32. The second-order valence-electron chi connectivity index (χ2n) is 6.39. The van der Waals surface area contributed by atoms with Gasteiger partial charge in [-0.25, -0.2) is 0 Å². The van der Waals surface area contributed by atoms with Crippen molar-refractivity contribution in [2.75, 3.05) is 18.5 Å². The van der Waals surface area contributed by atoms with E-state index in [9.17, 15) is 4.79 Å². The van der Waals surface area contributed by atoms with E-state index in [0.29, 0.717) is 23.8 Å². The number of amides is 1. The number of hydrogen-bond acceptors (Lipinski definition) is 5. The van der Waals surface area contributed by atoms with Gasteiger partial charge in [-0.1, -0.05) is 24.6 Å². The van der Waals surface area contributed by atoms with Crippen LogP contribution in [0.3, 0.4) is 0 Å². The van der Waals surface area contributed by atoms with Crippen LogP contribution in [0.25, 0.3) is 0 Å². The first-order valence-electron chi connectivity index (χ1n) is 8.80. The molecule has 0 saturated heterocycles. The standard InChI is InChI=1S/C18H25N5OS/c1-25-18-22-21-16(23(18)15-5-2-3-6-15)7-4-12-20-17(24)13-8-10-14(19)11-9-13/h8-11,15H,2-7,12,19H2,1H3,(H,20,24). The fraction of sp³-hybridized carbons (Fsp3) is 0.500. The molecule has 3 N–H and O–H groups in total. The number of hydrogen-bond donors (Lipinski definition) is 2. The Balaban J connectivity index is 1.53. The zero-order valence-electron chi connectivity index (χ0n) is 14.6. The molecule has 0 aliphatic heterocycles. The van der Waals surface area contributed by atoms with Crippen LogP contribution in [0.4, 0.5) is 5.69 Å². The first-order chi connectivity index (χ1) is 12.2. The number of carbonyl (C=O) groups is 1. The molecule has 1 aliphatic carbocycles. The molecule has 1 aromatic heterocycles. The molecule has 1 saturated carbocycles. The van der Waals surface area contributed by atoms with Crippen LogP contribution in [0, 0.1) is 0 Å². The third-order valence-corrected chi connectivity index (χ3v) is 5.29. The van der Waals surface area contributed by atoms with Crippen LogP contribution in [-0.4, -0.2) is 33.5 Å². The van der Waals surface area contributed by atoms with E-state index in [1.807, 2.05) is 6.26 Å². The summed E-state index contributed by atoms with van der Waals surface area (Å²) in [4.78, 5) is 12.1. The molecule has 25 heavy (non-hydrogen) atoms. The van der Waals surface area contributed by atoms with E-state index in [1.54, 1.807) is 36.0 Å². The highest BCUT2D eigenvalue weighted by Gasteiger charge is 2.23. The van der Waals surface area contributed by atoms with E-state index in [0.717, 1.165) is 23.8 Å². The van der Waals surface area contributed by atoms with Crippen LogP contribution in [0.1, 0.15) is 54.3 Å². The zero-order valence-corrected chi connectivity index (χ0v) is 15.4. The largest absolute Gasteiger partial charge is 0.399 e. The average molecular weight is 359 g/mol. The molecule has 6 nitrogen and oxygen atoms in total. The SMILES string of the molecule is CSc1nnc(CCCNC(=O)c2ccc(N)cc2)n1C1CCCC1. The lowest BCUT2D eigenvalue weighted by Gasteiger charge is -2.16. The van der Waals surface area contributed by atoms with Gasteiger partial charge in [0, 0.05) is 30.3 Å². The molecule has 1 amide bonds. The van der Waals surface area contributed by atoms with Crippen molar-refractivity contribution in [3.63, 3.8) is 0 Å². The number of nitrogens with two attached hydrogens (primary N) is 1. The molecule has 1 heterocycles. The van der Waals surface area contributed by atoms with Crippen molar-refractivity contribution in [2.45, 2.75) is 49.7 Å². The molecule has 0 unspecified atom stereocenters. The molecule has 0 bridgehead atoms. The van der Waals surface area contributed by atoms with Crippen molar-refractivity contribution in [1.82, 2.24) is 20.1 Å². The lowest BCUT2D eigenvalue weighted by Crippen LogP contribution is -2.25. The molecule has 0 atom stereocenters. The van der Waals surface area contributed by atoms with E-state index in [2.05, 4.69) is 20.1 Å². The molecule has 7 heteroatoms. The topological polar surface area (TPSA) is 85.8 Å². The molecule has 0 radical (unpaired) electrons. The van der Waals surface area contributed by atoms with Crippen molar-refractivity contribution in [2.24, 2.45) is 0 Å². The highest BCUT2D eigenvalue weighted by Crippen LogP contribution is 2.33. The van der Waals surface area contributed by atoms with Crippen molar-refractivity contribution < 1.29 is 4.79 Å². The minimum Gasteiger partial charge on any atom is -0.399 e. The normalized spacial score (nSPS) is 14.8. The predicted octanol–water partition coefficient (Wildman–Crippen LogP) is 3.06. The molecular formula is C18H25N5OS. The summed E-state index contributed by atoms with van der Waals surface area (Å²) in [6.07, 6.45) is 8.72. The number of anilines is 1. The highest BCUT2D eigenvalue weighted by molar-refractivity contribution is 7.98. The lowest BCUT2D eigenvalue weighted by molar-refractivity contribution is 0.0953. The molecule has 1 aliphatic rings. The van der Waals surface area contributed by atoms with E-state index in [-0.39, 0.29) is 5.91 Å². The van der Waals surface area contributed by atoms with E-state index in [1.165, 1.54) is 25.7 Å². The summed E-state index contributed by atoms with van der Waals surface area (Å²) >= 11 is 1.66. The van der Waals surface area contributed by atoms with Gasteiger partial charge >= 0.3 is 0 Å². The monoisotopic (exact) mass is 359 g/mol. The van der Waals surface area contributed by atoms with Gasteiger partial charge in [-0.2, -0.15) is 0 Å². The van der Waals surface area contributed by atoms with Crippen LogP contribution in [0.5, 0.6) is 0 Å². The number of aromatic nitrogens is 3. The zero-order chi connectivity index (χ0) is 17.6. The fourth-order valence-electron chi connectivity index (χ4n) is 3.33. The number of carbonyl (C=O) groups excluding carboxylic acids is 1. The van der Waals surface area contributed by atoms with Gasteiger partial charge in [0.2, 0.25) is 0 Å². The number of rotatable bonds is 7. The van der Waals surface area contributed by atoms with Gasteiger partial charge in [-0.3, -0.25) is 4.79 Å². The van der Waals surface area contributed by atoms with Crippen LogP contribution in [0.2, 0.25) is 0 Å². The van der Waals surface area contributed by atoms with E-state index in [4.69, 9.17) is 5.73 Å². The Morgan fingerprint density at radius 3 is 2.68 bits per heavy atom. The van der Waals surface area contributed by atoms with Gasteiger partial charge in [-0.05, 0) is 49.8 Å². The fourth-order valence-corrected chi connectivity index (χ4v) is 3.90. The Morgan fingerprint density at radius 2 is 2.00 bits per heavy atom. The van der Waals surface area contributed by atoms with Gasteiger partial charge < -0.3 is 15.6 Å². The molecule has 1 aromatic carbocycles. The summed E-state index contributed by atoms with van der Waals surface area (Å²) in [6.45, 7) is 0.620. The smallest absolute Gasteiger partial charge is 0.251 e. The quantitative estimate of drug-likeness (QED) is 0.451. The minimum absolute atomic E-state index is 0.0675. The second kappa shape index (κ2) is 8.38. The third kappa shape index (κ3) is 4.34. The van der Waals surface area contributed by atoms with E-state index >= 15 is 0 Å².